The molecule has 0 fully saturated rings. The molecule has 4 rings (SSSR count). The molecule has 0 saturated carbocycles. The number of pyridine rings is 1. The lowest BCUT2D eigenvalue weighted by molar-refractivity contribution is 0.0607. The molecule has 0 aliphatic carbocycles. The predicted octanol–water partition coefficient (Wildman–Crippen LogP) is 4.86. The van der Waals surface area contributed by atoms with Gasteiger partial charge in [-0.25, -0.2) is 4.79 Å². The van der Waals surface area contributed by atoms with Gasteiger partial charge in [-0.1, -0.05) is 0 Å². The molecular weight excluding hydrogens is 360 g/mol. The van der Waals surface area contributed by atoms with Crippen molar-refractivity contribution in [2.75, 3.05) is 13.7 Å². The average Bonchev–Trinajstić information content (AvgIpc) is 3.38. The lowest BCUT2D eigenvalue weighted by Crippen LogP contribution is -2.11. The maximum atomic E-state index is 11.9. The summed E-state index contributed by atoms with van der Waals surface area (Å²) in [5.74, 6) is 1.04. The lowest BCUT2D eigenvalue weighted by atomic mass is 9.96. The van der Waals surface area contributed by atoms with Gasteiger partial charge in [0.15, 0.2) is 0 Å². The molecule has 6 heteroatoms. The number of rotatable bonds is 4. The molecule has 136 valence electrons. The van der Waals surface area contributed by atoms with Crippen LogP contribution < -0.4 is 0 Å². The lowest BCUT2D eigenvalue weighted by Gasteiger charge is -2.15. The highest BCUT2D eigenvalue weighted by Crippen LogP contribution is 2.31. The van der Waals surface area contributed by atoms with E-state index in [0.29, 0.717) is 10.6 Å². The van der Waals surface area contributed by atoms with Gasteiger partial charge in [-0.05, 0) is 60.2 Å². The van der Waals surface area contributed by atoms with Gasteiger partial charge in [0, 0.05) is 30.1 Å². The van der Waals surface area contributed by atoms with E-state index in [1.807, 2.05) is 48.0 Å². The summed E-state index contributed by atoms with van der Waals surface area (Å²) in [6.07, 6.45) is 7.57. The Labute approximate surface area is 161 Å². The molecule has 3 aromatic heterocycles. The van der Waals surface area contributed by atoms with Crippen LogP contribution in [0.2, 0.25) is 0 Å². The molecule has 3 aromatic rings. The smallest absolute Gasteiger partial charge is 0.348 e. The number of esters is 1. The number of nitrogens with zero attached hydrogens (tertiary/aromatic N) is 2. The van der Waals surface area contributed by atoms with Gasteiger partial charge in [0.25, 0.3) is 0 Å². The Morgan fingerprint density at radius 3 is 3.04 bits per heavy atom. The molecule has 5 nitrogen and oxygen atoms in total. The predicted molar refractivity (Wildman–Crippen MR) is 106 cm³/mol. The average molecular weight is 378 g/mol. The van der Waals surface area contributed by atoms with Gasteiger partial charge in [0.05, 0.1) is 12.8 Å². The number of ether oxygens (including phenoxy) is 1. The van der Waals surface area contributed by atoms with Gasteiger partial charge in [-0.15, -0.1) is 11.3 Å². The van der Waals surface area contributed by atoms with E-state index >= 15 is 0 Å². The Morgan fingerprint density at radius 1 is 1.30 bits per heavy atom. The third kappa shape index (κ3) is 3.61. The van der Waals surface area contributed by atoms with Crippen molar-refractivity contribution < 1.29 is 13.9 Å². The number of aromatic nitrogens is 1. The number of hydrogen-bond acceptors (Lipinski definition) is 6. The highest BCUT2D eigenvalue weighted by atomic mass is 32.1. The first-order valence-corrected chi connectivity index (χ1v) is 9.56. The zero-order valence-electron chi connectivity index (χ0n) is 14.8. The quantitative estimate of drug-likeness (QED) is 0.609. The first-order chi connectivity index (χ1) is 13.3. The van der Waals surface area contributed by atoms with Gasteiger partial charge >= 0.3 is 5.97 Å². The van der Waals surface area contributed by atoms with Gasteiger partial charge in [0.1, 0.15) is 16.4 Å². The fraction of sp³-hybridized carbons (Fsp3) is 0.190. The maximum Gasteiger partial charge on any atom is 0.348 e. The second-order valence-electron chi connectivity index (χ2n) is 6.10. The van der Waals surface area contributed by atoms with Crippen LogP contribution in [-0.4, -0.2) is 30.3 Å². The van der Waals surface area contributed by atoms with Gasteiger partial charge in [0.2, 0.25) is 0 Å². The van der Waals surface area contributed by atoms with Gasteiger partial charge < -0.3 is 9.15 Å². The molecule has 0 radical (unpaired) electrons. The van der Waals surface area contributed by atoms with Crippen molar-refractivity contribution in [3.8, 4) is 11.3 Å². The Balaban J connectivity index is 1.66. The van der Waals surface area contributed by atoms with E-state index in [2.05, 4.69) is 9.98 Å². The molecular formula is C21H18N2O3S. The largest absolute Gasteiger partial charge is 0.465 e. The van der Waals surface area contributed by atoms with Crippen LogP contribution in [0.3, 0.4) is 0 Å². The Morgan fingerprint density at radius 2 is 2.22 bits per heavy atom. The Bertz CT molecular complexity index is 1010. The zero-order valence-corrected chi connectivity index (χ0v) is 15.7. The van der Waals surface area contributed by atoms with Crippen LogP contribution in [-0.2, 0) is 4.74 Å². The fourth-order valence-electron chi connectivity index (χ4n) is 3.10. The standard InChI is InChI=1S/C21H18N2O3S/c1-25-21(24)20-17(8-11-27-20)18-7-6-16(26-18)12-14-4-3-10-23-19(14)15-5-2-9-22-13-15/h2,5-9,11-13H,3-4,10H2,1H3/b14-12+. The van der Waals surface area contributed by atoms with Crippen LogP contribution in [0.1, 0.15) is 33.8 Å². The van der Waals surface area contributed by atoms with E-state index in [1.165, 1.54) is 18.4 Å². The first kappa shape index (κ1) is 17.4. The number of hydrogen-bond donors (Lipinski definition) is 0. The van der Waals surface area contributed by atoms with Crippen molar-refractivity contribution in [1.82, 2.24) is 4.98 Å². The van der Waals surface area contributed by atoms with Crippen molar-refractivity contribution in [2.45, 2.75) is 12.8 Å². The van der Waals surface area contributed by atoms with Crippen molar-refractivity contribution in [3.63, 3.8) is 0 Å². The van der Waals surface area contributed by atoms with Crippen LogP contribution in [0.15, 0.2) is 63.1 Å². The molecule has 0 spiro atoms. The Hall–Kier alpha value is -2.99. The third-order valence-electron chi connectivity index (χ3n) is 4.36. The number of thiophene rings is 1. The molecule has 0 aromatic carbocycles. The molecule has 0 unspecified atom stereocenters. The molecule has 0 bridgehead atoms. The van der Waals surface area contributed by atoms with Crippen molar-refractivity contribution in [3.05, 3.63) is 69.9 Å². The van der Waals surface area contributed by atoms with Gasteiger partial charge in [-0.3, -0.25) is 9.98 Å². The summed E-state index contributed by atoms with van der Waals surface area (Å²) in [6, 6.07) is 9.60. The van der Waals surface area contributed by atoms with Crippen molar-refractivity contribution in [2.24, 2.45) is 4.99 Å². The fourth-order valence-corrected chi connectivity index (χ4v) is 3.92. The summed E-state index contributed by atoms with van der Waals surface area (Å²) in [7, 11) is 1.38. The van der Waals surface area contributed by atoms with E-state index in [4.69, 9.17) is 9.15 Å². The molecule has 1 aliphatic rings. The van der Waals surface area contributed by atoms with E-state index in [0.717, 1.165) is 47.6 Å². The van der Waals surface area contributed by atoms with Crippen LogP contribution >= 0.6 is 11.3 Å². The molecule has 0 N–H and O–H groups in total. The minimum Gasteiger partial charge on any atom is -0.465 e. The summed E-state index contributed by atoms with van der Waals surface area (Å²) < 4.78 is 10.8. The summed E-state index contributed by atoms with van der Waals surface area (Å²) in [6.45, 7) is 0.822. The highest BCUT2D eigenvalue weighted by molar-refractivity contribution is 7.12. The minimum absolute atomic E-state index is 0.352. The molecule has 0 amide bonds. The number of aliphatic imine (C=N–C) groups is 1. The Kier molecular flexibility index (Phi) is 4.98. The van der Waals surface area contributed by atoms with Crippen LogP contribution in [0.4, 0.5) is 0 Å². The summed E-state index contributed by atoms with van der Waals surface area (Å²) >= 11 is 1.34. The number of methoxy groups -OCH3 is 1. The molecule has 4 heterocycles. The van der Waals surface area contributed by atoms with Crippen molar-refractivity contribution >= 4 is 29.1 Å². The topological polar surface area (TPSA) is 64.7 Å². The highest BCUT2D eigenvalue weighted by Gasteiger charge is 2.18. The SMILES string of the molecule is COC(=O)c1sccc1-c1ccc(/C=C2\CCCN=C2c2cccnc2)o1. The van der Waals surface area contributed by atoms with Crippen LogP contribution in [0.25, 0.3) is 17.4 Å². The number of allylic oxidation sites excluding steroid dienone is 1. The van der Waals surface area contributed by atoms with Crippen LogP contribution in [0, 0.1) is 0 Å². The van der Waals surface area contributed by atoms with Crippen LogP contribution in [0.5, 0.6) is 0 Å². The molecule has 27 heavy (non-hydrogen) atoms. The van der Waals surface area contributed by atoms with E-state index in [1.54, 1.807) is 6.20 Å². The number of furan rings is 1. The maximum absolute atomic E-state index is 11.9. The van der Waals surface area contributed by atoms with E-state index in [-0.39, 0.29) is 5.97 Å². The minimum atomic E-state index is -0.352. The summed E-state index contributed by atoms with van der Waals surface area (Å²) in [5.41, 5.74) is 3.87. The summed E-state index contributed by atoms with van der Waals surface area (Å²) in [5, 5.41) is 1.86. The zero-order chi connectivity index (χ0) is 18.6. The molecule has 1 aliphatic heterocycles. The summed E-state index contributed by atoms with van der Waals surface area (Å²) in [4.78, 5) is 21.3. The van der Waals surface area contributed by atoms with Gasteiger partial charge in [-0.2, -0.15) is 0 Å². The second kappa shape index (κ2) is 7.72. The van der Waals surface area contributed by atoms with Crippen molar-refractivity contribution in [1.29, 1.82) is 0 Å². The first-order valence-electron chi connectivity index (χ1n) is 8.68. The van der Waals surface area contributed by atoms with E-state index in [9.17, 15) is 4.79 Å². The molecule has 0 atom stereocenters. The second-order valence-corrected chi connectivity index (χ2v) is 7.02. The number of carbonyl (C=O) groups is 1. The van der Waals surface area contributed by atoms with E-state index < -0.39 is 0 Å². The molecule has 0 saturated heterocycles. The monoisotopic (exact) mass is 378 g/mol. The normalized spacial score (nSPS) is 15.6. The third-order valence-corrected chi connectivity index (χ3v) is 5.25. The number of carbonyl (C=O) groups excluding carboxylic acids is 1.